The van der Waals surface area contributed by atoms with Gasteiger partial charge in [-0.25, -0.2) is 4.79 Å². The van der Waals surface area contributed by atoms with Gasteiger partial charge in [-0.2, -0.15) is 0 Å². The molecule has 2 aliphatic heterocycles. The number of rotatable bonds is 5. The number of pyridine rings is 1. The van der Waals surface area contributed by atoms with E-state index in [0.717, 1.165) is 43.4 Å². The van der Waals surface area contributed by atoms with Crippen LogP contribution in [0.2, 0.25) is 0 Å². The van der Waals surface area contributed by atoms with Crippen LogP contribution in [0.3, 0.4) is 0 Å². The number of nitrogens with zero attached hydrogens (tertiary/aromatic N) is 2. The van der Waals surface area contributed by atoms with Crippen LogP contribution >= 0.6 is 0 Å². The van der Waals surface area contributed by atoms with Crippen LogP contribution in [-0.4, -0.2) is 46.6 Å². The van der Waals surface area contributed by atoms with Crippen molar-refractivity contribution in [3.63, 3.8) is 0 Å². The normalized spacial score (nSPS) is 23.0. The van der Waals surface area contributed by atoms with E-state index in [4.69, 9.17) is 0 Å². The fourth-order valence-corrected chi connectivity index (χ4v) is 5.73. The van der Waals surface area contributed by atoms with E-state index in [-0.39, 0.29) is 35.4 Å². The summed E-state index contributed by atoms with van der Waals surface area (Å²) >= 11 is 0. The van der Waals surface area contributed by atoms with Gasteiger partial charge in [0.25, 0.3) is 5.56 Å². The molecule has 3 unspecified atom stereocenters. The molecular weight excluding hydrogens is 416 g/mol. The third-order valence-electron chi connectivity index (χ3n) is 7.37. The maximum atomic E-state index is 13.3. The number of nitrogens with one attached hydrogen (secondary N) is 2. The molecule has 2 N–H and O–H groups in total. The van der Waals surface area contributed by atoms with Gasteiger partial charge in [0, 0.05) is 49.8 Å². The minimum atomic E-state index is -0.614. The standard InChI is InChI=1S/C26H32N4O3/c31-24-12-6-11-23-20-13-19(16-30(23)24)15-29(17-20)26(33)28-22(14-18-7-2-1-3-8-18)25(32)27-21-9-4-5-10-21/h1-3,6-8,11-12,19-22H,4-5,9-10,13-17H2,(H,27,32)(H,28,33). The van der Waals surface area contributed by atoms with Crippen molar-refractivity contribution >= 4 is 11.9 Å². The van der Waals surface area contributed by atoms with Gasteiger partial charge in [0.15, 0.2) is 0 Å². The molecule has 2 bridgehead atoms. The molecule has 1 aliphatic carbocycles. The minimum absolute atomic E-state index is 0.0339. The Balaban J connectivity index is 1.29. The SMILES string of the molecule is O=C(NC1CCCC1)C(Cc1ccccc1)NC(=O)N1CC2CC(C1)c1cccc(=O)n1C2. The molecule has 1 saturated carbocycles. The van der Waals surface area contributed by atoms with Crippen molar-refractivity contribution in [3.05, 3.63) is 70.1 Å². The van der Waals surface area contributed by atoms with Crippen molar-refractivity contribution in [2.24, 2.45) is 5.92 Å². The molecule has 2 fully saturated rings. The summed E-state index contributed by atoms with van der Waals surface area (Å²) in [4.78, 5) is 40.6. The molecule has 174 valence electrons. The van der Waals surface area contributed by atoms with Crippen LogP contribution in [0.15, 0.2) is 53.3 Å². The molecular formula is C26H32N4O3. The molecule has 5 rings (SSSR count). The Morgan fingerprint density at radius 3 is 2.55 bits per heavy atom. The van der Waals surface area contributed by atoms with Crippen molar-refractivity contribution in [3.8, 4) is 0 Å². The quantitative estimate of drug-likeness (QED) is 0.738. The van der Waals surface area contributed by atoms with Crippen molar-refractivity contribution < 1.29 is 9.59 Å². The van der Waals surface area contributed by atoms with Crippen molar-refractivity contribution in [2.45, 2.75) is 63.1 Å². The van der Waals surface area contributed by atoms with E-state index in [1.165, 1.54) is 0 Å². The summed E-state index contributed by atoms with van der Waals surface area (Å²) in [6.45, 7) is 1.81. The molecule has 3 atom stereocenters. The highest BCUT2D eigenvalue weighted by molar-refractivity contribution is 5.87. The van der Waals surface area contributed by atoms with Gasteiger partial charge in [0.2, 0.25) is 5.91 Å². The first-order valence-corrected chi connectivity index (χ1v) is 12.2. The van der Waals surface area contributed by atoms with Gasteiger partial charge in [-0.1, -0.05) is 49.2 Å². The summed E-state index contributed by atoms with van der Waals surface area (Å²) in [6, 6.07) is 14.6. The maximum absolute atomic E-state index is 13.3. The average molecular weight is 449 g/mol. The monoisotopic (exact) mass is 448 g/mol. The predicted octanol–water partition coefficient (Wildman–Crippen LogP) is 2.65. The molecule has 1 aromatic heterocycles. The highest BCUT2D eigenvalue weighted by atomic mass is 16.2. The molecule has 3 heterocycles. The summed E-state index contributed by atoms with van der Waals surface area (Å²) < 4.78 is 1.86. The first-order chi connectivity index (χ1) is 16.1. The van der Waals surface area contributed by atoms with E-state index in [0.29, 0.717) is 26.1 Å². The number of piperidine rings is 1. The highest BCUT2D eigenvalue weighted by Gasteiger charge is 2.37. The second-order valence-electron chi connectivity index (χ2n) is 9.78. The molecule has 0 radical (unpaired) electrons. The van der Waals surface area contributed by atoms with Crippen LogP contribution in [0, 0.1) is 5.92 Å². The second kappa shape index (κ2) is 9.41. The molecule has 7 nitrogen and oxygen atoms in total. The number of fused-ring (bicyclic) bond motifs is 4. The molecule has 7 heteroatoms. The van der Waals surface area contributed by atoms with Crippen LogP contribution in [-0.2, 0) is 17.8 Å². The number of urea groups is 1. The van der Waals surface area contributed by atoms with Gasteiger partial charge < -0.3 is 20.1 Å². The van der Waals surface area contributed by atoms with Crippen LogP contribution in [0.4, 0.5) is 4.79 Å². The maximum Gasteiger partial charge on any atom is 0.318 e. The number of amides is 3. The molecule has 33 heavy (non-hydrogen) atoms. The number of benzene rings is 1. The largest absolute Gasteiger partial charge is 0.352 e. The lowest BCUT2D eigenvalue weighted by Crippen LogP contribution is -2.57. The summed E-state index contributed by atoms with van der Waals surface area (Å²) in [7, 11) is 0. The topological polar surface area (TPSA) is 83.4 Å². The van der Waals surface area contributed by atoms with E-state index in [9.17, 15) is 14.4 Å². The van der Waals surface area contributed by atoms with Gasteiger partial charge in [-0.15, -0.1) is 0 Å². The van der Waals surface area contributed by atoms with Gasteiger partial charge >= 0.3 is 6.03 Å². The summed E-state index contributed by atoms with van der Waals surface area (Å²) in [6.07, 6.45) is 5.74. The molecule has 0 spiro atoms. The first-order valence-electron chi connectivity index (χ1n) is 12.2. The van der Waals surface area contributed by atoms with E-state index in [1.807, 2.05) is 45.9 Å². The zero-order chi connectivity index (χ0) is 22.8. The summed E-state index contributed by atoms with van der Waals surface area (Å²) in [5.74, 6) is 0.298. The third-order valence-corrected chi connectivity index (χ3v) is 7.37. The molecule has 1 aromatic carbocycles. The third kappa shape index (κ3) is 4.82. The Hall–Kier alpha value is -3.09. The van der Waals surface area contributed by atoms with Crippen LogP contribution in [0.1, 0.15) is 49.3 Å². The highest BCUT2D eigenvalue weighted by Crippen LogP contribution is 2.34. The zero-order valence-corrected chi connectivity index (χ0v) is 18.9. The van der Waals surface area contributed by atoms with Gasteiger partial charge in [-0.3, -0.25) is 9.59 Å². The van der Waals surface area contributed by atoms with Crippen molar-refractivity contribution in [2.75, 3.05) is 13.1 Å². The van der Waals surface area contributed by atoms with Gasteiger partial charge in [0.05, 0.1) is 0 Å². The lowest BCUT2D eigenvalue weighted by atomic mass is 9.83. The fraction of sp³-hybridized carbons (Fsp3) is 0.500. The molecule has 1 saturated heterocycles. The summed E-state index contributed by atoms with van der Waals surface area (Å²) in [5.41, 5.74) is 2.07. The smallest absolute Gasteiger partial charge is 0.318 e. The second-order valence-corrected chi connectivity index (χ2v) is 9.78. The van der Waals surface area contributed by atoms with E-state index < -0.39 is 6.04 Å². The van der Waals surface area contributed by atoms with E-state index in [1.54, 1.807) is 12.1 Å². The Morgan fingerprint density at radius 1 is 0.970 bits per heavy atom. The zero-order valence-electron chi connectivity index (χ0n) is 18.9. The Labute approximate surface area is 194 Å². The number of aromatic nitrogens is 1. The summed E-state index contributed by atoms with van der Waals surface area (Å²) in [5, 5.41) is 6.20. The number of carbonyl (C=O) groups is 2. The van der Waals surface area contributed by atoms with Gasteiger partial charge in [0.1, 0.15) is 6.04 Å². The Kier molecular flexibility index (Phi) is 6.20. The molecule has 2 aromatic rings. The first kappa shape index (κ1) is 21.7. The van der Waals surface area contributed by atoms with Crippen molar-refractivity contribution in [1.29, 1.82) is 0 Å². The molecule has 3 amide bonds. The average Bonchev–Trinajstić information content (AvgIpc) is 3.33. The van der Waals surface area contributed by atoms with Crippen LogP contribution in [0.5, 0.6) is 0 Å². The number of carbonyl (C=O) groups excluding carboxylic acids is 2. The Bertz CT molecular complexity index is 1060. The van der Waals surface area contributed by atoms with Crippen LogP contribution in [0.25, 0.3) is 0 Å². The number of hydrogen-bond acceptors (Lipinski definition) is 3. The lowest BCUT2D eigenvalue weighted by molar-refractivity contribution is -0.123. The number of likely N-dealkylation sites (tertiary alicyclic amines) is 1. The van der Waals surface area contributed by atoms with Crippen molar-refractivity contribution in [1.82, 2.24) is 20.1 Å². The number of hydrogen-bond donors (Lipinski definition) is 2. The lowest BCUT2D eigenvalue weighted by Gasteiger charge is -2.43. The Morgan fingerprint density at radius 2 is 1.76 bits per heavy atom. The predicted molar refractivity (Wildman–Crippen MR) is 126 cm³/mol. The fourth-order valence-electron chi connectivity index (χ4n) is 5.73. The molecule has 3 aliphatic rings. The van der Waals surface area contributed by atoms with E-state index >= 15 is 0 Å². The minimum Gasteiger partial charge on any atom is -0.352 e. The van der Waals surface area contributed by atoms with E-state index in [2.05, 4.69) is 10.6 Å². The van der Waals surface area contributed by atoms with Gasteiger partial charge in [-0.05, 0) is 36.8 Å². The van der Waals surface area contributed by atoms with Crippen LogP contribution < -0.4 is 16.2 Å².